The highest BCUT2D eigenvalue weighted by molar-refractivity contribution is 5.29. The van der Waals surface area contributed by atoms with Gasteiger partial charge in [0.1, 0.15) is 0 Å². The third-order valence-electron chi connectivity index (χ3n) is 3.65. The number of hydrogen-bond acceptors (Lipinski definition) is 3. The molecular weight excluding hydrogens is 255 g/mol. The minimum atomic E-state index is -0.262. The summed E-state index contributed by atoms with van der Waals surface area (Å²) < 4.78 is 19.4. The highest BCUT2D eigenvalue weighted by atomic mass is 19.1. The Kier molecular flexibility index (Phi) is 6.27. The van der Waals surface area contributed by atoms with E-state index < -0.39 is 0 Å². The summed E-state index contributed by atoms with van der Waals surface area (Å²) in [6, 6.07) is 5.21. The lowest BCUT2D eigenvalue weighted by Crippen LogP contribution is -2.22. The number of rotatable bonds is 8. The van der Waals surface area contributed by atoms with E-state index in [1.165, 1.54) is 25.9 Å². The molecule has 112 valence electrons. The van der Waals surface area contributed by atoms with Crippen molar-refractivity contribution in [3.05, 3.63) is 29.6 Å². The first-order valence-corrected chi connectivity index (χ1v) is 7.64. The van der Waals surface area contributed by atoms with Crippen molar-refractivity contribution < 1.29 is 9.13 Å². The minimum Gasteiger partial charge on any atom is -0.490 e. The molecule has 1 aromatic rings. The molecule has 0 amide bonds. The second-order valence-corrected chi connectivity index (χ2v) is 5.30. The summed E-state index contributed by atoms with van der Waals surface area (Å²) in [6.07, 6.45) is 3.57. The first-order valence-electron chi connectivity index (χ1n) is 7.64. The third kappa shape index (κ3) is 4.76. The van der Waals surface area contributed by atoms with Crippen LogP contribution in [0.5, 0.6) is 5.75 Å². The van der Waals surface area contributed by atoms with Crippen molar-refractivity contribution in [2.75, 3.05) is 32.8 Å². The Balaban J connectivity index is 1.71. The van der Waals surface area contributed by atoms with Gasteiger partial charge in [0.2, 0.25) is 0 Å². The van der Waals surface area contributed by atoms with Crippen LogP contribution in [-0.4, -0.2) is 37.7 Å². The van der Waals surface area contributed by atoms with Crippen LogP contribution in [0.2, 0.25) is 0 Å². The molecule has 0 bridgehead atoms. The van der Waals surface area contributed by atoms with E-state index in [0.29, 0.717) is 18.9 Å². The van der Waals surface area contributed by atoms with E-state index in [-0.39, 0.29) is 5.82 Å². The van der Waals surface area contributed by atoms with Crippen LogP contribution < -0.4 is 10.1 Å². The first-order chi connectivity index (χ1) is 9.79. The lowest BCUT2D eigenvalue weighted by atomic mass is 10.2. The number of hydrogen-bond donors (Lipinski definition) is 1. The van der Waals surface area contributed by atoms with Gasteiger partial charge in [-0.2, -0.15) is 0 Å². The van der Waals surface area contributed by atoms with Gasteiger partial charge >= 0.3 is 0 Å². The van der Waals surface area contributed by atoms with Gasteiger partial charge in [0.25, 0.3) is 0 Å². The van der Waals surface area contributed by atoms with Crippen LogP contribution in [0.3, 0.4) is 0 Å². The molecule has 3 nitrogen and oxygen atoms in total. The Bertz CT molecular complexity index is 405. The van der Waals surface area contributed by atoms with Crippen molar-refractivity contribution >= 4 is 0 Å². The molecule has 0 radical (unpaired) electrons. The van der Waals surface area contributed by atoms with E-state index >= 15 is 0 Å². The summed E-state index contributed by atoms with van der Waals surface area (Å²) in [5.41, 5.74) is 0.953. The fourth-order valence-corrected chi connectivity index (χ4v) is 2.52. The maximum atomic E-state index is 13.8. The van der Waals surface area contributed by atoms with Gasteiger partial charge in [-0.25, -0.2) is 4.39 Å². The van der Waals surface area contributed by atoms with Gasteiger partial charge < -0.3 is 15.0 Å². The highest BCUT2D eigenvalue weighted by Crippen LogP contribution is 2.18. The molecule has 1 N–H and O–H groups in total. The molecule has 0 aliphatic carbocycles. The summed E-state index contributed by atoms with van der Waals surface area (Å²) in [5.74, 6) is 0.105. The molecule has 1 aromatic carbocycles. The van der Waals surface area contributed by atoms with Crippen LogP contribution in [0, 0.1) is 5.82 Å². The fraction of sp³-hybridized carbons (Fsp3) is 0.625. The molecule has 1 saturated heterocycles. The Morgan fingerprint density at radius 1 is 1.30 bits per heavy atom. The topological polar surface area (TPSA) is 24.5 Å². The predicted molar refractivity (Wildman–Crippen MR) is 79.6 cm³/mol. The summed E-state index contributed by atoms with van der Waals surface area (Å²) in [7, 11) is 0. The number of nitrogens with zero attached hydrogens (tertiary/aromatic N) is 1. The zero-order chi connectivity index (χ0) is 14.2. The molecule has 0 unspecified atom stereocenters. The summed E-state index contributed by atoms with van der Waals surface area (Å²) in [4.78, 5) is 2.44. The van der Waals surface area contributed by atoms with Crippen LogP contribution in [0.1, 0.15) is 31.7 Å². The van der Waals surface area contributed by atoms with Gasteiger partial charge in [0, 0.05) is 13.1 Å². The maximum Gasteiger partial charge on any atom is 0.165 e. The van der Waals surface area contributed by atoms with Crippen molar-refractivity contribution in [3.8, 4) is 5.75 Å². The van der Waals surface area contributed by atoms with E-state index in [1.807, 2.05) is 13.0 Å². The van der Waals surface area contributed by atoms with Gasteiger partial charge in [0.05, 0.1) is 6.61 Å². The number of benzene rings is 1. The van der Waals surface area contributed by atoms with E-state index in [9.17, 15) is 4.39 Å². The number of halogens is 1. The SMILES string of the molecule is CCNCc1ccc(OCCCN2CCCC2)c(F)c1. The molecule has 1 fully saturated rings. The molecule has 1 aliphatic rings. The molecule has 0 spiro atoms. The zero-order valence-electron chi connectivity index (χ0n) is 12.3. The minimum absolute atomic E-state index is 0.262. The van der Waals surface area contributed by atoms with Gasteiger partial charge in [0.15, 0.2) is 11.6 Å². The fourth-order valence-electron chi connectivity index (χ4n) is 2.52. The van der Waals surface area contributed by atoms with Crippen LogP contribution in [0.25, 0.3) is 0 Å². The highest BCUT2D eigenvalue weighted by Gasteiger charge is 2.10. The van der Waals surface area contributed by atoms with Crippen LogP contribution >= 0.6 is 0 Å². The van der Waals surface area contributed by atoms with Gasteiger partial charge in [-0.3, -0.25) is 0 Å². The van der Waals surface area contributed by atoms with Crippen molar-refractivity contribution in [2.24, 2.45) is 0 Å². The molecule has 0 saturated carbocycles. The standard InChI is InChI=1S/C16H25FN2O/c1-2-18-13-14-6-7-16(15(17)12-14)20-11-5-10-19-8-3-4-9-19/h6-7,12,18H,2-5,8-11,13H2,1H3. The van der Waals surface area contributed by atoms with Crippen molar-refractivity contribution in [1.82, 2.24) is 10.2 Å². The second kappa shape index (κ2) is 8.22. The van der Waals surface area contributed by atoms with E-state index in [4.69, 9.17) is 4.74 Å². The van der Waals surface area contributed by atoms with Crippen LogP contribution in [0.4, 0.5) is 4.39 Å². The summed E-state index contributed by atoms with van der Waals surface area (Å²) in [5, 5.41) is 3.18. The van der Waals surface area contributed by atoms with Gasteiger partial charge in [-0.1, -0.05) is 13.0 Å². The first kappa shape index (κ1) is 15.3. The maximum absolute atomic E-state index is 13.8. The molecule has 1 aliphatic heterocycles. The largest absolute Gasteiger partial charge is 0.490 e. The van der Waals surface area contributed by atoms with E-state index in [1.54, 1.807) is 12.1 Å². The smallest absolute Gasteiger partial charge is 0.165 e. The van der Waals surface area contributed by atoms with E-state index in [0.717, 1.165) is 25.1 Å². The molecule has 0 atom stereocenters. The monoisotopic (exact) mass is 280 g/mol. The number of nitrogens with one attached hydrogen (secondary N) is 1. The summed E-state index contributed by atoms with van der Waals surface area (Å²) >= 11 is 0. The van der Waals surface area contributed by atoms with Crippen molar-refractivity contribution in [2.45, 2.75) is 32.7 Å². The average Bonchev–Trinajstić information content (AvgIpc) is 2.96. The molecule has 20 heavy (non-hydrogen) atoms. The molecule has 1 heterocycles. The summed E-state index contributed by atoms with van der Waals surface area (Å²) in [6.45, 7) is 7.66. The van der Waals surface area contributed by atoms with Gasteiger partial charge in [-0.15, -0.1) is 0 Å². The molecule has 4 heteroatoms. The number of ether oxygens (including phenoxy) is 1. The van der Waals surface area contributed by atoms with Crippen LogP contribution in [0.15, 0.2) is 18.2 Å². The third-order valence-corrected chi connectivity index (χ3v) is 3.65. The Morgan fingerprint density at radius 3 is 2.80 bits per heavy atom. The molecule has 0 aromatic heterocycles. The Morgan fingerprint density at radius 2 is 2.10 bits per heavy atom. The normalized spacial score (nSPS) is 15.7. The van der Waals surface area contributed by atoms with Gasteiger partial charge in [-0.05, 0) is 56.6 Å². The molecular formula is C16H25FN2O. The Hall–Kier alpha value is -1.13. The lowest BCUT2D eigenvalue weighted by Gasteiger charge is -2.14. The average molecular weight is 280 g/mol. The quantitative estimate of drug-likeness (QED) is 0.741. The zero-order valence-corrected chi connectivity index (χ0v) is 12.3. The van der Waals surface area contributed by atoms with Crippen molar-refractivity contribution in [3.63, 3.8) is 0 Å². The Labute approximate surface area is 121 Å². The van der Waals surface area contributed by atoms with Crippen molar-refractivity contribution in [1.29, 1.82) is 0 Å². The molecule has 2 rings (SSSR count). The lowest BCUT2D eigenvalue weighted by molar-refractivity contribution is 0.255. The van der Waals surface area contributed by atoms with Crippen LogP contribution in [-0.2, 0) is 6.54 Å². The van der Waals surface area contributed by atoms with E-state index in [2.05, 4.69) is 10.2 Å². The number of likely N-dealkylation sites (tertiary alicyclic amines) is 1. The second-order valence-electron chi connectivity index (χ2n) is 5.30. The predicted octanol–water partition coefficient (Wildman–Crippen LogP) is 2.80.